The summed E-state index contributed by atoms with van der Waals surface area (Å²) in [5.41, 5.74) is 1.47. The van der Waals surface area contributed by atoms with Crippen LogP contribution in [0.2, 0.25) is 0 Å². The fourth-order valence-corrected chi connectivity index (χ4v) is 2.50. The lowest BCUT2D eigenvalue weighted by molar-refractivity contribution is -0.0138. The molecule has 1 unspecified atom stereocenters. The Morgan fingerprint density at radius 1 is 1.55 bits per heavy atom. The third-order valence-electron chi connectivity index (χ3n) is 3.73. The van der Waals surface area contributed by atoms with Crippen LogP contribution in [0.1, 0.15) is 36.3 Å². The van der Waals surface area contributed by atoms with Crippen molar-refractivity contribution in [2.24, 2.45) is 7.05 Å². The summed E-state index contributed by atoms with van der Waals surface area (Å²) in [6.07, 6.45) is 2.63. The summed E-state index contributed by atoms with van der Waals surface area (Å²) in [7, 11) is 1.86. The van der Waals surface area contributed by atoms with Crippen LogP contribution in [0.15, 0.2) is 6.20 Å². The fourth-order valence-electron chi connectivity index (χ4n) is 2.50. The van der Waals surface area contributed by atoms with Crippen LogP contribution in [0, 0.1) is 0 Å². The molecule has 20 heavy (non-hydrogen) atoms. The lowest BCUT2D eigenvalue weighted by Crippen LogP contribution is -2.44. The molecule has 0 N–H and O–H groups in total. The summed E-state index contributed by atoms with van der Waals surface area (Å²) in [5, 5.41) is 4.19. The SMILES string of the molecule is CCOC(=O)c1cnn(C)c1CN1CCOCC1CC. The first-order valence-electron chi connectivity index (χ1n) is 7.17. The molecular weight excluding hydrogens is 258 g/mol. The molecule has 6 nitrogen and oxygen atoms in total. The highest BCUT2D eigenvalue weighted by Gasteiger charge is 2.25. The number of nitrogens with zero attached hydrogens (tertiary/aromatic N) is 3. The first-order chi connectivity index (χ1) is 9.67. The number of aryl methyl sites for hydroxylation is 1. The lowest BCUT2D eigenvalue weighted by Gasteiger charge is -2.35. The highest BCUT2D eigenvalue weighted by atomic mass is 16.5. The summed E-state index contributed by atoms with van der Waals surface area (Å²) >= 11 is 0. The molecule has 1 aromatic heterocycles. The number of hydrogen-bond acceptors (Lipinski definition) is 5. The van der Waals surface area contributed by atoms with Crippen LogP contribution in [0.4, 0.5) is 0 Å². The van der Waals surface area contributed by atoms with Crippen LogP contribution in [0.5, 0.6) is 0 Å². The van der Waals surface area contributed by atoms with Gasteiger partial charge in [0.2, 0.25) is 0 Å². The largest absolute Gasteiger partial charge is 0.462 e. The van der Waals surface area contributed by atoms with Gasteiger partial charge in [0.15, 0.2) is 0 Å². The van der Waals surface area contributed by atoms with Crippen molar-refractivity contribution in [2.45, 2.75) is 32.9 Å². The molecule has 0 saturated carbocycles. The molecule has 112 valence electrons. The smallest absolute Gasteiger partial charge is 0.341 e. The van der Waals surface area contributed by atoms with Crippen LogP contribution in [-0.4, -0.2) is 53.1 Å². The summed E-state index contributed by atoms with van der Waals surface area (Å²) in [5.74, 6) is -0.295. The van der Waals surface area contributed by atoms with Gasteiger partial charge in [-0.05, 0) is 13.3 Å². The predicted octanol–water partition coefficient (Wildman–Crippen LogP) is 1.21. The molecule has 1 fully saturated rings. The van der Waals surface area contributed by atoms with E-state index in [1.165, 1.54) is 0 Å². The average molecular weight is 281 g/mol. The van der Waals surface area contributed by atoms with Crippen LogP contribution >= 0.6 is 0 Å². The molecule has 1 aliphatic rings. The Balaban J connectivity index is 2.15. The van der Waals surface area contributed by atoms with Crippen molar-refractivity contribution in [3.05, 3.63) is 17.5 Å². The maximum atomic E-state index is 12.0. The third kappa shape index (κ3) is 3.19. The van der Waals surface area contributed by atoms with Crippen molar-refractivity contribution in [3.63, 3.8) is 0 Å². The quantitative estimate of drug-likeness (QED) is 0.759. The van der Waals surface area contributed by atoms with Gasteiger partial charge in [-0.1, -0.05) is 6.92 Å². The van der Waals surface area contributed by atoms with E-state index in [9.17, 15) is 4.79 Å². The zero-order valence-electron chi connectivity index (χ0n) is 12.5. The molecule has 1 atom stereocenters. The second-order valence-electron chi connectivity index (χ2n) is 4.96. The number of hydrogen-bond donors (Lipinski definition) is 0. The Hall–Kier alpha value is -1.40. The zero-order valence-corrected chi connectivity index (χ0v) is 12.5. The Kier molecular flexibility index (Phi) is 5.14. The van der Waals surface area contributed by atoms with Crippen molar-refractivity contribution < 1.29 is 14.3 Å². The van der Waals surface area contributed by atoms with E-state index < -0.39 is 0 Å². The number of carbonyl (C=O) groups is 1. The second-order valence-corrected chi connectivity index (χ2v) is 4.96. The van der Waals surface area contributed by atoms with E-state index in [-0.39, 0.29) is 5.97 Å². The van der Waals surface area contributed by atoms with Crippen molar-refractivity contribution >= 4 is 5.97 Å². The van der Waals surface area contributed by atoms with Crippen molar-refractivity contribution in [1.29, 1.82) is 0 Å². The van der Waals surface area contributed by atoms with E-state index in [1.807, 2.05) is 14.0 Å². The summed E-state index contributed by atoms with van der Waals surface area (Å²) in [6, 6.07) is 0.397. The van der Waals surface area contributed by atoms with Crippen LogP contribution in [0.3, 0.4) is 0 Å². The lowest BCUT2D eigenvalue weighted by atomic mass is 10.1. The average Bonchev–Trinajstić information content (AvgIpc) is 2.81. The molecule has 1 saturated heterocycles. The molecule has 0 amide bonds. The van der Waals surface area contributed by atoms with E-state index in [4.69, 9.17) is 9.47 Å². The Morgan fingerprint density at radius 3 is 3.05 bits per heavy atom. The van der Waals surface area contributed by atoms with E-state index >= 15 is 0 Å². The molecular formula is C14H23N3O3. The summed E-state index contributed by atoms with van der Waals surface area (Å²) in [4.78, 5) is 14.3. The van der Waals surface area contributed by atoms with Gasteiger partial charge >= 0.3 is 5.97 Å². The second kappa shape index (κ2) is 6.85. The number of rotatable bonds is 5. The Morgan fingerprint density at radius 2 is 2.35 bits per heavy atom. The van der Waals surface area contributed by atoms with Crippen molar-refractivity contribution in [3.8, 4) is 0 Å². The van der Waals surface area contributed by atoms with Crippen LogP contribution in [-0.2, 0) is 23.1 Å². The standard InChI is InChI=1S/C14H23N3O3/c1-4-11-10-19-7-6-17(11)9-13-12(8-15-16(13)3)14(18)20-5-2/h8,11H,4-7,9-10H2,1-3H3. The number of carbonyl (C=O) groups excluding carboxylic acids is 1. The molecule has 0 aliphatic carbocycles. The number of aromatic nitrogens is 2. The summed E-state index contributed by atoms with van der Waals surface area (Å²) < 4.78 is 12.4. The summed E-state index contributed by atoms with van der Waals surface area (Å²) in [6.45, 7) is 7.41. The minimum Gasteiger partial charge on any atom is -0.462 e. The van der Waals surface area contributed by atoms with Gasteiger partial charge in [-0.15, -0.1) is 0 Å². The maximum absolute atomic E-state index is 12.0. The highest BCUT2D eigenvalue weighted by molar-refractivity contribution is 5.90. The molecule has 6 heteroatoms. The normalized spacial score (nSPS) is 20.1. The third-order valence-corrected chi connectivity index (χ3v) is 3.73. The Bertz CT molecular complexity index is 459. The molecule has 2 heterocycles. The topological polar surface area (TPSA) is 56.6 Å². The predicted molar refractivity (Wildman–Crippen MR) is 74.5 cm³/mol. The van der Waals surface area contributed by atoms with Gasteiger partial charge in [0, 0.05) is 26.2 Å². The molecule has 1 aliphatic heterocycles. The van der Waals surface area contributed by atoms with E-state index in [0.29, 0.717) is 24.8 Å². The van der Waals surface area contributed by atoms with Gasteiger partial charge in [-0.25, -0.2) is 4.79 Å². The number of ether oxygens (including phenoxy) is 2. The Labute approximate surface area is 119 Å². The number of morpholine rings is 1. The van der Waals surface area contributed by atoms with E-state index in [0.717, 1.165) is 31.9 Å². The molecule has 0 aromatic carbocycles. The fraction of sp³-hybridized carbons (Fsp3) is 0.714. The monoisotopic (exact) mass is 281 g/mol. The van der Waals surface area contributed by atoms with Crippen molar-refractivity contribution in [2.75, 3.05) is 26.4 Å². The minimum atomic E-state index is -0.295. The van der Waals surface area contributed by atoms with E-state index in [2.05, 4.69) is 16.9 Å². The number of esters is 1. The van der Waals surface area contributed by atoms with Gasteiger partial charge < -0.3 is 9.47 Å². The van der Waals surface area contributed by atoms with Gasteiger partial charge in [0.05, 0.1) is 31.7 Å². The molecule has 2 rings (SSSR count). The molecule has 1 aromatic rings. The van der Waals surface area contributed by atoms with Gasteiger partial charge in [-0.3, -0.25) is 9.58 Å². The molecule has 0 radical (unpaired) electrons. The minimum absolute atomic E-state index is 0.295. The van der Waals surface area contributed by atoms with Gasteiger partial charge in [-0.2, -0.15) is 5.10 Å². The highest BCUT2D eigenvalue weighted by Crippen LogP contribution is 2.17. The zero-order chi connectivity index (χ0) is 14.5. The molecule has 0 spiro atoms. The van der Waals surface area contributed by atoms with Crippen molar-refractivity contribution in [1.82, 2.24) is 14.7 Å². The van der Waals surface area contributed by atoms with Gasteiger partial charge in [0.1, 0.15) is 5.56 Å². The maximum Gasteiger partial charge on any atom is 0.341 e. The molecule has 0 bridgehead atoms. The van der Waals surface area contributed by atoms with E-state index in [1.54, 1.807) is 10.9 Å². The first-order valence-corrected chi connectivity index (χ1v) is 7.17. The van der Waals surface area contributed by atoms with Crippen LogP contribution in [0.25, 0.3) is 0 Å². The first kappa shape index (κ1) is 15.0. The van der Waals surface area contributed by atoms with Gasteiger partial charge in [0.25, 0.3) is 0 Å². The van der Waals surface area contributed by atoms with Crippen LogP contribution < -0.4 is 0 Å².